The molecule has 0 atom stereocenters. The number of rotatable bonds is 3. The summed E-state index contributed by atoms with van der Waals surface area (Å²) in [6.07, 6.45) is 2.93. The lowest BCUT2D eigenvalue weighted by Gasteiger charge is -2.01. The fourth-order valence-corrected chi connectivity index (χ4v) is 1.94. The van der Waals surface area contributed by atoms with Crippen LogP contribution in [0.25, 0.3) is 6.08 Å². The first kappa shape index (κ1) is 14.4. The number of hydrogen-bond acceptors (Lipinski definition) is 4. The van der Waals surface area contributed by atoms with E-state index in [9.17, 15) is 9.59 Å². The van der Waals surface area contributed by atoms with Gasteiger partial charge in [0.05, 0.1) is 17.3 Å². The molecule has 1 heterocycles. The number of allylic oxidation sites excluding steroid dienone is 1. The predicted octanol–water partition coefficient (Wildman–Crippen LogP) is 2.15. The van der Waals surface area contributed by atoms with Gasteiger partial charge >= 0.3 is 0 Å². The SMILES string of the molecule is Cc1nc(C)c(C(=O)C=Cc2ccc(C#N)cc2)c(=O)[nH]1. The van der Waals surface area contributed by atoms with Crippen molar-refractivity contribution in [3.05, 3.63) is 68.9 Å². The fraction of sp³-hybridized carbons (Fsp3) is 0.125. The van der Waals surface area contributed by atoms with Gasteiger partial charge in [0.1, 0.15) is 11.4 Å². The van der Waals surface area contributed by atoms with E-state index < -0.39 is 11.3 Å². The number of aromatic nitrogens is 2. The number of hydrogen-bond donors (Lipinski definition) is 1. The van der Waals surface area contributed by atoms with Crippen LogP contribution < -0.4 is 5.56 Å². The second kappa shape index (κ2) is 5.97. The molecule has 5 heteroatoms. The molecule has 0 radical (unpaired) electrons. The van der Waals surface area contributed by atoms with Crippen LogP contribution in [0.4, 0.5) is 0 Å². The number of nitrogens with one attached hydrogen (secondary N) is 1. The highest BCUT2D eigenvalue weighted by Gasteiger charge is 2.12. The van der Waals surface area contributed by atoms with E-state index in [0.717, 1.165) is 5.56 Å². The van der Waals surface area contributed by atoms with Crippen molar-refractivity contribution >= 4 is 11.9 Å². The van der Waals surface area contributed by atoms with Gasteiger partial charge < -0.3 is 4.98 Å². The maximum Gasteiger partial charge on any atom is 0.262 e. The van der Waals surface area contributed by atoms with Crippen molar-refractivity contribution in [1.29, 1.82) is 5.26 Å². The molecule has 2 aromatic rings. The number of aryl methyl sites for hydroxylation is 2. The first-order valence-corrected chi connectivity index (χ1v) is 6.31. The zero-order valence-electron chi connectivity index (χ0n) is 11.7. The molecular weight excluding hydrogens is 266 g/mol. The smallest absolute Gasteiger partial charge is 0.262 e. The first-order valence-electron chi connectivity index (χ1n) is 6.31. The molecule has 0 bridgehead atoms. The topological polar surface area (TPSA) is 86.6 Å². The molecule has 0 unspecified atom stereocenters. The number of nitrogens with zero attached hydrogens (tertiary/aromatic N) is 2. The van der Waals surface area contributed by atoms with Gasteiger partial charge in [-0.2, -0.15) is 5.26 Å². The van der Waals surface area contributed by atoms with E-state index in [1.54, 1.807) is 44.2 Å². The van der Waals surface area contributed by atoms with Crippen LogP contribution in [0.5, 0.6) is 0 Å². The fourth-order valence-electron chi connectivity index (χ4n) is 1.94. The van der Waals surface area contributed by atoms with Gasteiger partial charge in [0, 0.05) is 0 Å². The maximum absolute atomic E-state index is 12.1. The number of nitriles is 1. The monoisotopic (exact) mass is 279 g/mol. The molecule has 0 aliphatic rings. The zero-order valence-corrected chi connectivity index (χ0v) is 11.7. The molecule has 104 valence electrons. The largest absolute Gasteiger partial charge is 0.310 e. The van der Waals surface area contributed by atoms with Gasteiger partial charge in [0.25, 0.3) is 5.56 Å². The van der Waals surface area contributed by atoms with Crippen LogP contribution in [0.3, 0.4) is 0 Å². The second-order valence-electron chi connectivity index (χ2n) is 4.54. The molecule has 1 N–H and O–H groups in total. The summed E-state index contributed by atoms with van der Waals surface area (Å²) in [5.74, 6) is 0.0794. The number of aromatic amines is 1. The van der Waals surface area contributed by atoms with Gasteiger partial charge in [0.2, 0.25) is 0 Å². The minimum absolute atomic E-state index is 0.0468. The summed E-state index contributed by atoms with van der Waals surface area (Å²) in [5, 5.41) is 8.71. The highest BCUT2D eigenvalue weighted by atomic mass is 16.1. The van der Waals surface area contributed by atoms with Crippen molar-refractivity contribution < 1.29 is 4.79 Å². The molecule has 21 heavy (non-hydrogen) atoms. The van der Waals surface area contributed by atoms with Crippen LogP contribution in [0.2, 0.25) is 0 Å². The van der Waals surface area contributed by atoms with Crippen molar-refractivity contribution in [1.82, 2.24) is 9.97 Å². The number of benzene rings is 1. The highest BCUT2D eigenvalue weighted by molar-refractivity contribution is 6.07. The standard InChI is InChI=1S/C16H13N3O2/c1-10-15(16(21)19-11(2)18-10)14(20)8-7-12-3-5-13(9-17)6-4-12/h3-8H,1-2H3,(H,18,19,21). The van der Waals surface area contributed by atoms with Gasteiger partial charge in [-0.1, -0.05) is 18.2 Å². The maximum atomic E-state index is 12.1. The predicted molar refractivity (Wildman–Crippen MR) is 78.9 cm³/mol. The summed E-state index contributed by atoms with van der Waals surface area (Å²) in [4.78, 5) is 30.5. The van der Waals surface area contributed by atoms with Crippen molar-refractivity contribution in [2.45, 2.75) is 13.8 Å². The number of carbonyl (C=O) groups excluding carboxylic acids is 1. The van der Waals surface area contributed by atoms with Crippen LogP contribution in [-0.2, 0) is 0 Å². The third-order valence-electron chi connectivity index (χ3n) is 2.93. The van der Waals surface area contributed by atoms with Crippen LogP contribution in [-0.4, -0.2) is 15.8 Å². The summed E-state index contributed by atoms with van der Waals surface area (Å²) in [5.41, 5.74) is 1.34. The zero-order chi connectivity index (χ0) is 15.4. The minimum atomic E-state index is -0.436. The highest BCUT2D eigenvalue weighted by Crippen LogP contribution is 2.07. The van der Waals surface area contributed by atoms with E-state index in [2.05, 4.69) is 9.97 Å². The lowest BCUT2D eigenvalue weighted by molar-refractivity contribution is 0.104. The summed E-state index contributed by atoms with van der Waals surface area (Å²) in [6, 6.07) is 8.80. The van der Waals surface area contributed by atoms with Crippen molar-refractivity contribution in [2.24, 2.45) is 0 Å². The summed E-state index contributed by atoms with van der Waals surface area (Å²) in [7, 11) is 0. The lowest BCUT2D eigenvalue weighted by Crippen LogP contribution is -2.21. The molecule has 5 nitrogen and oxygen atoms in total. The molecule has 0 aliphatic heterocycles. The molecule has 0 saturated carbocycles. The third-order valence-corrected chi connectivity index (χ3v) is 2.93. The summed E-state index contributed by atoms with van der Waals surface area (Å²) >= 11 is 0. The average molecular weight is 279 g/mol. The van der Waals surface area contributed by atoms with Gasteiger partial charge in [-0.15, -0.1) is 0 Å². The Hall–Kier alpha value is -3.00. The minimum Gasteiger partial charge on any atom is -0.310 e. The Balaban J connectivity index is 2.27. The normalized spacial score (nSPS) is 10.5. The number of carbonyl (C=O) groups is 1. The van der Waals surface area contributed by atoms with Crippen LogP contribution >= 0.6 is 0 Å². The lowest BCUT2D eigenvalue weighted by atomic mass is 10.1. The van der Waals surface area contributed by atoms with Crippen LogP contribution in [0.15, 0.2) is 35.1 Å². The molecule has 1 aromatic carbocycles. The molecule has 0 aliphatic carbocycles. The van der Waals surface area contributed by atoms with Crippen molar-refractivity contribution in [3.63, 3.8) is 0 Å². The second-order valence-corrected chi connectivity index (χ2v) is 4.54. The van der Waals surface area contributed by atoms with Gasteiger partial charge in [-0.05, 0) is 37.6 Å². The van der Waals surface area contributed by atoms with Crippen molar-refractivity contribution in [2.75, 3.05) is 0 Å². The Morgan fingerprint density at radius 1 is 1.29 bits per heavy atom. The quantitative estimate of drug-likeness (QED) is 0.689. The van der Waals surface area contributed by atoms with E-state index in [4.69, 9.17) is 5.26 Å². The van der Waals surface area contributed by atoms with Gasteiger partial charge in [-0.3, -0.25) is 9.59 Å². The number of ketones is 1. The Morgan fingerprint density at radius 2 is 1.95 bits per heavy atom. The number of H-pyrrole nitrogens is 1. The third kappa shape index (κ3) is 3.31. The molecule has 0 spiro atoms. The Labute approximate surface area is 121 Å². The molecular formula is C16H13N3O2. The Kier molecular flexibility index (Phi) is 4.10. The van der Waals surface area contributed by atoms with Crippen molar-refractivity contribution in [3.8, 4) is 6.07 Å². The first-order chi connectivity index (χ1) is 10.0. The summed E-state index contributed by atoms with van der Waals surface area (Å²) < 4.78 is 0. The molecule has 0 fully saturated rings. The molecule has 2 rings (SSSR count). The van der Waals surface area contributed by atoms with E-state index >= 15 is 0 Å². The van der Waals surface area contributed by atoms with Gasteiger partial charge in [0.15, 0.2) is 5.78 Å². The summed E-state index contributed by atoms with van der Waals surface area (Å²) in [6.45, 7) is 3.29. The van der Waals surface area contributed by atoms with E-state index in [0.29, 0.717) is 17.1 Å². The van der Waals surface area contributed by atoms with Crippen LogP contribution in [0.1, 0.15) is 33.0 Å². The molecule has 1 aromatic heterocycles. The van der Waals surface area contributed by atoms with E-state index in [1.807, 2.05) is 6.07 Å². The van der Waals surface area contributed by atoms with E-state index in [1.165, 1.54) is 6.08 Å². The Bertz CT molecular complexity index is 809. The van der Waals surface area contributed by atoms with E-state index in [-0.39, 0.29) is 5.56 Å². The molecule has 0 amide bonds. The molecule has 0 saturated heterocycles. The van der Waals surface area contributed by atoms with Crippen LogP contribution in [0, 0.1) is 25.2 Å². The van der Waals surface area contributed by atoms with Gasteiger partial charge in [-0.25, -0.2) is 4.98 Å². The average Bonchev–Trinajstić information content (AvgIpc) is 2.44. The Morgan fingerprint density at radius 3 is 2.52 bits per heavy atom.